The summed E-state index contributed by atoms with van der Waals surface area (Å²) in [5.41, 5.74) is 0.238. The van der Waals surface area contributed by atoms with E-state index in [0.717, 1.165) is 12.8 Å². The number of rotatable bonds is 11. The van der Waals surface area contributed by atoms with Gasteiger partial charge in [0.2, 0.25) is 0 Å². The molecule has 0 aromatic heterocycles. The van der Waals surface area contributed by atoms with Crippen LogP contribution in [-0.4, -0.2) is 23.8 Å². The van der Waals surface area contributed by atoms with Crippen LogP contribution in [-0.2, 0) is 0 Å². The van der Waals surface area contributed by atoms with Crippen molar-refractivity contribution < 1.29 is 19.2 Å². The average molecular weight is 296 g/mol. The molecule has 2 N–H and O–H groups in total. The molecule has 0 heterocycles. The van der Waals surface area contributed by atoms with E-state index in [4.69, 9.17) is 14.8 Å². The Morgan fingerprint density at radius 2 is 1.62 bits per heavy atom. The van der Waals surface area contributed by atoms with Gasteiger partial charge >= 0.3 is 7.12 Å². The maximum absolute atomic E-state index is 13.5. The Balaban J connectivity index is 2.16. The van der Waals surface area contributed by atoms with Gasteiger partial charge in [-0.15, -0.1) is 0 Å². The van der Waals surface area contributed by atoms with Gasteiger partial charge in [0.05, 0.1) is 6.61 Å². The first kappa shape index (κ1) is 18.0. The standard InChI is InChI=1S/C16H26BFO3/c1-2-3-4-5-6-7-8-9-12-21-16-13-14(17(19)20)10-11-15(16)18/h10-11,13,19-20H,2-9,12H2,1H3. The third-order valence-electron chi connectivity index (χ3n) is 3.51. The van der Waals surface area contributed by atoms with E-state index in [0.29, 0.717) is 6.61 Å². The number of hydrogen-bond donors (Lipinski definition) is 2. The van der Waals surface area contributed by atoms with Crippen molar-refractivity contribution >= 4 is 12.6 Å². The molecular weight excluding hydrogens is 270 g/mol. The Bertz CT molecular complexity index is 399. The van der Waals surface area contributed by atoms with Crippen molar-refractivity contribution in [3.05, 3.63) is 24.0 Å². The van der Waals surface area contributed by atoms with Gasteiger partial charge in [0.25, 0.3) is 0 Å². The maximum atomic E-state index is 13.5. The van der Waals surface area contributed by atoms with E-state index in [1.54, 1.807) is 0 Å². The highest BCUT2D eigenvalue weighted by Gasteiger charge is 2.14. The average Bonchev–Trinajstić information content (AvgIpc) is 2.47. The summed E-state index contributed by atoms with van der Waals surface area (Å²) in [6.45, 7) is 2.66. The van der Waals surface area contributed by atoms with Crippen molar-refractivity contribution in [1.29, 1.82) is 0 Å². The van der Waals surface area contributed by atoms with Crippen LogP contribution >= 0.6 is 0 Å². The first-order valence-corrected chi connectivity index (χ1v) is 7.93. The molecule has 3 nitrogen and oxygen atoms in total. The van der Waals surface area contributed by atoms with E-state index < -0.39 is 12.9 Å². The molecule has 0 atom stereocenters. The Hall–Kier alpha value is -1.07. The van der Waals surface area contributed by atoms with Crippen molar-refractivity contribution in [1.82, 2.24) is 0 Å². The number of unbranched alkanes of at least 4 members (excludes halogenated alkanes) is 7. The summed E-state index contributed by atoms with van der Waals surface area (Å²) in [6.07, 6.45) is 9.59. The molecule has 5 heteroatoms. The highest BCUT2D eigenvalue weighted by atomic mass is 19.1. The molecule has 0 bridgehead atoms. The molecule has 0 radical (unpaired) electrons. The van der Waals surface area contributed by atoms with Crippen LogP contribution in [0.3, 0.4) is 0 Å². The van der Waals surface area contributed by atoms with Crippen LogP contribution in [0.5, 0.6) is 5.75 Å². The molecule has 118 valence electrons. The topological polar surface area (TPSA) is 49.7 Å². The lowest BCUT2D eigenvalue weighted by atomic mass is 9.80. The van der Waals surface area contributed by atoms with Crippen molar-refractivity contribution in [3.8, 4) is 5.75 Å². The van der Waals surface area contributed by atoms with Gasteiger partial charge in [-0.05, 0) is 24.0 Å². The van der Waals surface area contributed by atoms with Crippen LogP contribution in [0.2, 0.25) is 0 Å². The van der Waals surface area contributed by atoms with Crippen LogP contribution in [0, 0.1) is 5.82 Å². The highest BCUT2D eigenvalue weighted by Crippen LogP contribution is 2.15. The lowest BCUT2D eigenvalue weighted by Gasteiger charge is -2.09. The third kappa shape index (κ3) is 7.49. The molecule has 0 amide bonds. The fraction of sp³-hybridized carbons (Fsp3) is 0.625. The molecule has 0 aliphatic heterocycles. The van der Waals surface area contributed by atoms with E-state index in [1.807, 2.05) is 0 Å². The van der Waals surface area contributed by atoms with Crippen LogP contribution in [0.25, 0.3) is 0 Å². The second-order valence-electron chi connectivity index (χ2n) is 5.39. The Morgan fingerprint density at radius 1 is 1.00 bits per heavy atom. The summed E-state index contributed by atoms with van der Waals surface area (Å²) in [6, 6.07) is 3.87. The Kier molecular flexibility index (Phi) is 9.11. The lowest BCUT2D eigenvalue weighted by molar-refractivity contribution is 0.290. The highest BCUT2D eigenvalue weighted by molar-refractivity contribution is 6.58. The van der Waals surface area contributed by atoms with Gasteiger partial charge in [-0.1, -0.05) is 57.9 Å². The first-order valence-electron chi connectivity index (χ1n) is 7.93. The van der Waals surface area contributed by atoms with E-state index in [-0.39, 0.29) is 11.2 Å². The number of hydrogen-bond acceptors (Lipinski definition) is 3. The number of benzene rings is 1. The smallest absolute Gasteiger partial charge is 0.488 e. The van der Waals surface area contributed by atoms with Gasteiger partial charge in [0.1, 0.15) is 0 Å². The normalized spacial score (nSPS) is 10.7. The summed E-state index contributed by atoms with van der Waals surface area (Å²) >= 11 is 0. The predicted molar refractivity (Wildman–Crippen MR) is 84.3 cm³/mol. The Labute approximate surface area is 127 Å². The minimum absolute atomic E-state index is 0.0866. The van der Waals surface area contributed by atoms with Gasteiger partial charge in [-0.25, -0.2) is 4.39 Å². The van der Waals surface area contributed by atoms with Crippen LogP contribution < -0.4 is 10.2 Å². The zero-order valence-electron chi connectivity index (χ0n) is 12.9. The zero-order chi connectivity index (χ0) is 15.5. The maximum Gasteiger partial charge on any atom is 0.488 e. The number of halogens is 1. The second-order valence-corrected chi connectivity index (χ2v) is 5.39. The SMILES string of the molecule is CCCCCCCCCCOc1cc(B(O)O)ccc1F. The predicted octanol–water partition coefficient (Wildman–Crippen LogP) is 3.03. The van der Waals surface area contributed by atoms with Gasteiger partial charge in [-0.3, -0.25) is 0 Å². The van der Waals surface area contributed by atoms with E-state index in [2.05, 4.69) is 6.92 Å². The van der Waals surface area contributed by atoms with E-state index >= 15 is 0 Å². The van der Waals surface area contributed by atoms with Crippen molar-refractivity contribution in [2.45, 2.75) is 58.3 Å². The molecule has 1 aromatic rings. The summed E-state index contributed by atoms with van der Waals surface area (Å²) in [5.74, 6) is -0.387. The molecule has 0 saturated heterocycles. The summed E-state index contributed by atoms with van der Waals surface area (Å²) in [7, 11) is -1.60. The van der Waals surface area contributed by atoms with Crippen molar-refractivity contribution in [2.75, 3.05) is 6.61 Å². The molecule has 1 rings (SSSR count). The summed E-state index contributed by atoms with van der Waals surface area (Å²) in [4.78, 5) is 0. The third-order valence-corrected chi connectivity index (χ3v) is 3.51. The summed E-state index contributed by atoms with van der Waals surface area (Å²) < 4.78 is 18.9. The Morgan fingerprint density at radius 3 is 2.24 bits per heavy atom. The molecule has 0 spiro atoms. The lowest BCUT2D eigenvalue weighted by Crippen LogP contribution is -2.29. The van der Waals surface area contributed by atoms with Gasteiger partial charge in [0, 0.05) is 0 Å². The van der Waals surface area contributed by atoms with Gasteiger partial charge in [0.15, 0.2) is 11.6 Å². The molecule has 0 unspecified atom stereocenters. The molecule has 0 saturated carbocycles. The fourth-order valence-electron chi connectivity index (χ4n) is 2.21. The molecule has 0 fully saturated rings. The minimum atomic E-state index is -1.60. The quantitative estimate of drug-likeness (QED) is 0.487. The molecule has 0 aliphatic rings. The van der Waals surface area contributed by atoms with E-state index in [9.17, 15) is 4.39 Å². The van der Waals surface area contributed by atoms with Gasteiger partial charge < -0.3 is 14.8 Å². The van der Waals surface area contributed by atoms with Gasteiger partial charge in [-0.2, -0.15) is 0 Å². The van der Waals surface area contributed by atoms with Crippen LogP contribution in [0.4, 0.5) is 4.39 Å². The molecule has 0 aliphatic carbocycles. The molecule has 21 heavy (non-hydrogen) atoms. The van der Waals surface area contributed by atoms with E-state index in [1.165, 1.54) is 56.7 Å². The largest absolute Gasteiger partial charge is 0.491 e. The molecule has 1 aromatic carbocycles. The fourth-order valence-corrected chi connectivity index (χ4v) is 2.21. The first-order chi connectivity index (χ1) is 10.1. The minimum Gasteiger partial charge on any atom is -0.491 e. The molecular formula is C16H26BFO3. The second kappa shape index (κ2) is 10.6. The summed E-state index contributed by atoms with van der Waals surface area (Å²) in [5, 5.41) is 18.1. The number of ether oxygens (including phenoxy) is 1. The monoisotopic (exact) mass is 296 g/mol. The van der Waals surface area contributed by atoms with Crippen LogP contribution in [0.15, 0.2) is 18.2 Å². The van der Waals surface area contributed by atoms with Crippen LogP contribution in [0.1, 0.15) is 58.3 Å². The zero-order valence-corrected chi connectivity index (χ0v) is 12.9. The van der Waals surface area contributed by atoms with Crippen molar-refractivity contribution in [2.24, 2.45) is 0 Å². The van der Waals surface area contributed by atoms with Crippen molar-refractivity contribution in [3.63, 3.8) is 0 Å².